The van der Waals surface area contributed by atoms with E-state index in [2.05, 4.69) is 20.4 Å². The maximum atomic E-state index is 12.3. The van der Waals surface area contributed by atoms with Gasteiger partial charge in [-0.2, -0.15) is 4.98 Å². The predicted molar refractivity (Wildman–Crippen MR) is 107 cm³/mol. The first-order chi connectivity index (χ1) is 13.6. The third kappa shape index (κ3) is 3.88. The molecule has 0 saturated heterocycles. The number of halogens is 2. The van der Waals surface area contributed by atoms with Crippen LogP contribution in [0.1, 0.15) is 10.4 Å². The molecule has 0 bridgehead atoms. The summed E-state index contributed by atoms with van der Waals surface area (Å²) in [5.41, 5.74) is 2.40. The second kappa shape index (κ2) is 7.80. The van der Waals surface area contributed by atoms with Gasteiger partial charge in [0.1, 0.15) is 0 Å². The van der Waals surface area contributed by atoms with Crippen molar-refractivity contribution >= 4 is 34.8 Å². The van der Waals surface area contributed by atoms with Gasteiger partial charge in [0.2, 0.25) is 5.82 Å². The van der Waals surface area contributed by atoms with Crippen LogP contribution in [0, 0.1) is 0 Å². The van der Waals surface area contributed by atoms with Crippen molar-refractivity contribution in [3.63, 3.8) is 0 Å². The number of nitrogens with zero attached hydrogens (tertiary/aromatic N) is 3. The summed E-state index contributed by atoms with van der Waals surface area (Å²) in [5.74, 6) is 0.421. The topological polar surface area (TPSA) is 80.9 Å². The molecule has 2 aromatic heterocycles. The van der Waals surface area contributed by atoms with E-state index in [9.17, 15) is 4.79 Å². The highest BCUT2D eigenvalue weighted by Gasteiger charge is 2.14. The minimum atomic E-state index is -0.235. The Balaban J connectivity index is 1.58. The van der Waals surface area contributed by atoms with Crippen LogP contribution >= 0.6 is 23.2 Å². The molecular weight excluding hydrogens is 399 g/mol. The normalized spacial score (nSPS) is 10.6. The van der Waals surface area contributed by atoms with Crippen LogP contribution in [0.4, 0.5) is 5.69 Å². The van der Waals surface area contributed by atoms with Crippen molar-refractivity contribution < 1.29 is 9.32 Å². The molecule has 0 radical (unpaired) electrons. The van der Waals surface area contributed by atoms with Crippen LogP contribution in [-0.4, -0.2) is 21.0 Å². The van der Waals surface area contributed by atoms with Crippen LogP contribution in [0.15, 0.2) is 71.5 Å². The molecule has 0 saturated carbocycles. The average Bonchev–Trinajstić information content (AvgIpc) is 3.19. The number of anilines is 1. The summed E-state index contributed by atoms with van der Waals surface area (Å²) in [4.78, 5) is 20.6. The molecule has 4 rings (SSSR count). The predicted octanol–water partition coefficient (Wildman–Crippen LogP) is 5.36. The zero-order valence-electron chi connectivity index (χ0n) is 14.3. The van der Waals surface area contributed by atoms with Gasteiger partial charge >= 0.3 is 0 Å². The number of amides is 1. The van der Waals surface area contributed by atoms with E-state index in [0.29, 0.717) is 38.2 Å². The van der Waals surface area contributed by atoms with Crippen molar-refractivity contribution in [3.8, 4) is 22.8 Å². The molecule has 138 valence electrons. The largest absolute Gasteiger partial charge is 0.334 e. The van der Waals surface area contributed by atoms with Crippen LogP contribution in [0.5, 0.6) is 0 Å². The number of hydrogen-bond donors (Lipinski definition) is 1. The van der Waals surface area contributed by atoms with E-state index in [1.807, 2.05) is 6.07 Å². The van der Waals surface area contributed by atoms with Crippen molar-refractivity contribution in [2.24, 2.45) is 0 Å². The third-order valence-corrected chi connectivity index (χ3v) is 4.46. The SMILES string of the molecule is O=C(Nc1cccc(-c2noc(-c3ccc(Cl)cc3Cl)n2)c1)c1ccncc1. The van der Waals surface area contributed by atoms with E-state index in [4.69, 9.17) is 27.7 Å². The molecule has 0 aliphatic heterocycles. The number of benzene rings is 2. The zero-order chi connectivity index (χ0) is 19.5. The second-order valence-electron chi connectivity index (χ2n) is 5.82. The quantitative estimate of drug-likeness (QED) is 0.489. The minimum absolute atomic E-state index is 0.235. The molecule has 2 heterocycles. The van der Waals surface area contributed by atoms with Crippen LogP contribution in [0.25, 0.3) is 22.8 Å². The number of rotatable bonds is 4. The van der Waals surface area contributed by atoms with Crippen molar-refractivity contribution in [1.29, 1.82) is 0 Å². The summed E-state index contributed by atoms with van der Waals surface area (Å²) >= 11 is 12.1. The van der Waals surface area contributed by atoms with Crippen LogP contribution in [0.3, 0.4) is 0 Å². The Kier molecular flexibility index (Phi) is 5.06. The summed E-state index contributed by atoms with van der Waals surface area (Å²) in [6.07, 6.45) is 3.13. The van der Waals surface area contributed by atoms with E-state index in [0.717, 1.165) is 0 Å². The lowest BCUT2D eigenvalue weighted by Gasteiger charge is -2.06. The fraction of sp³-hybridized carbons (Fsp3) is 0. The lowest BCUT2D eigenvalue weighted by molar-refractivity contribution is 0.102. The average molecular weight is 411 g/mol. The molecule has 28 heavy (non-hydrogen) atoms. The zero-order valence-corrected chi connectivity index (χ0v) is 15.8. The summed E-state index contributed by atoms with van der Waals surface area (Å²) in [6.45, 7) is 0. The molecular formula is C20H12Cl2N4O2. The molecule has 0 atom stereocenters. The van der Waals surface area contributed by atoms with Crippen molar-refractivity contribution in [3.05, 3.63) is 82.6 Å². The van der Waals surface area contributed by atoms with E-state index in [1.165, 1.54) is 0 Å². The Hall–Kier alpha value is -3.22. The number of pyridine rings is 1. The van der Waals surface area contributed by atoms with Crippen LogP contribution in [0.2, 0.25) is 10.0 Å². The van der Waals surface area contributed by atoms with Gasteiger partial charge in [-0.1, -0.05) is 40.5 Å². The number of carbonyl (C=O) groups is 1. The molecule has 1 N–H and O–H groups in total. The van der Waals surface area contributed by atoms with E-state index in [-0.39, 0.29) is 11.8 Å². The fourth-order valence-corrected chi connectivity index (χ4v) is 3.04. The Morgan fingerprint density at radius 1 is 1.00 bits per heavy atom. The molecule has 0 spiro atoms. The lowest BCUT2D eigenvalue weighted by Crippen LogP contribution is -2.11. The number of hydrogen-bond acceptors (Lipinski definition) is 5. The van der Waals surface area contributed by atoms with Crippen molar-refractivity contribution in [1.82, 2.24) is 15.1 Å². The Labute approximate surface area is 170 Å². The molecule has 4 aromatic rings. The highest BCUT2D eigenvalue weighted by Crippen LogP contribution is 2.31. The second-order valence-corrected chi connectivity index (χ2v) is 6.66. The van der Waals surface area contributed by atoms with Crippen LogP contribution in [-0.2, 0) is 0 Å². The van der Waals surface area contributed by atoms with Gasteiger partial charge in [-0.05, 0) is 42.5 Å². The monoisotopic (exact) mass is 410 g/mol. The standard InChI is InChI=1S/C20H12Cl2N4O2/c21-14-4-5-16(17(22)11-14)20-25-18(26-28-20)13-2-1-3-15(10-13)24-19(27)12-6-8-23-9-7-12/h1-11H,(H,24,27). The van der Waals surface area contributed by atoms with E-state index < -0.39 is 0 Å². The van der Waals surface area contributed by atoms with Gasteiger partial charge in [0.15, 0.2) is 0 Å². The number of aromatic nitrogens is 3. The minimum Gasteiger partial charge on any atom is -0.334 e. The van der Waals surface area contributed by atoms with Crippen molar-refractivity contribution in [2.45, 2.75) is 0 Å². The van der Waals surface area contributed by atoms with Crippen molar-refractivity contribution in [2.75, 3.05) is 5.32 Å². The molecule has 6 nitrogen and oxygen atoms in total. The molecule has 0 unspecified atom stereocenters. The lowest BCUT2D eigenvalue weighted by atomic mass is 10.1. The van der Waals surface area contributed by atoms with Crippen LogP contribution < -0.4 is 5.32 Å². The first-order valence-corrected chi connectivity index (χ1v) is 8.97. The summed E-state index contributed by atoms with van der Waals surface area (Å²) in [7, 11) is 0. The van der Waals surface area contributed by atoms with Gasteiger partial charge in [0, 0.05) is 34.2 Å². The van der Waals surface area contributed by atoms with Gasteiger partial charge in [-0.3, -0.25) is 9.78 Å². The molecule has 2 aromatic carbocycles. The van der Waals surface area contributed by atoms with E-state index in [1.54, 1.807) is 60.9 Å². The Morgan fingerprint density at radius 2 is 1.82 bits per heavy atom. The fourth-order valence-electron chi connectivity index (χ4n) is 2.56. The number of carbonyl (C=O) groups excluding carboxylic acids is 1. The molecule has 0 aliphatic rings. The highest BCUT2D eigenvalue weighted by atomic mass is 35.5. The molecule has 8 heteroatoms. The van der Waals surface area contributed by atoms with Gasteiger partial charge in [0.25, 0.3) is 11.8 Å². The molecule has 1 amide bonds. The van der Waals surface area contributed by atoms with E-state index >= 15 is 0 Å². The third-order valence-electron chi connectivity index (χ3n) is 3.91. The van der Waals surface area contributed by atoms with Gasteiger partial charge < -0.3 is 9.84 Å². The highest BCUT2D eigenvalue weighted by molar-refractivity contribution is 6.36. The first kappa shape index (κ1) is 18.2. The summed E-state index contributed by atoms with van der Waals surface area (Å²) in [6, 6.07) is 15.5. The molecule has 0 fully saturated rings. The molecule has 0 aliphatic carbocycles. The van der Waals surface area contributed by atoms with Gasteiger partial charge in [-0.15, -0.1) is 0 Å². The first-order valence-electron chi connectivity index (χ1n) is 8.21. The maximum Gasteiger partial charge on any atom is 0.259 e. The smallest absolute Gasteiger partial charge is 0.259 e. The van der Waals surface area contributed by atoms with Gasteiger partial charge in [0.05, 0.1) is 10.6 Å². The summed E-state index contributed by atoms with van der Waals surface area (Å²) in [5, 5.41) is 7.78. The Bertz CT molecular complexity index is 1150. The number of nitrogens with one attached hydrogen (secondary N) is 1. The van der Waals surface area contributed by atoms with Gasteiger partial charge in [-0.25, -0.2) is 0 Å². The summed E-state index contributed by atoms with van der Waals surface area (Å²) < 4.78 is 5.33. The Morgan fingerprint density at radius 3 is 2.61 bits per heavy atom. The maximum absolute atomic E-state index is 12.3.